The number of imidazole rings is 1. The van der Waals surface area contributed by atoms with Crippen LogP contribution < -0.4 is 0 Å². The van der Waals surface area contributed by atoms with Gasteiger partial charge < -0.3 is 4.57 Å². The van der Waals surface area contributed by atoms with Crippen molar-refractivity contribution in [2.75, 3.05) is 5.88 Å². The molecule has 0 fully saturated rings. The van der Waals surface area contributed by atoms with E-state index in [1.165, 1.54) is 6.42 Å². The summed E-state index contributed by atoms with van der Waals surface area (Å²) in [7, 11) is 0. The van der Waals surface area contributed by atoms with E-state index in [2.05, 4.69) is 31.4 Å². The van der Waals surface area contributed by atoms with Crippen LogP contribution in [0.25, 0.3) is 11.2 Å². The van der Waals surface area contributed by atoms with Crippen LogP contribution in [0.15, 0.2) is 12.1 Å². The van der Waals surface area contributed by atoms with E-state index in [-0.39, 0.29) is 0 Å². The number of aromatic nitrogens is 3. The Morgan fingerprint density at radius 3 is 2.65 bits per heavy atom. The number of nitrogens with zero attached hydrogens (tertiary/aromatic N) is 3. The van der Waals surface area contributed by atoms with Crippen LogP contribution in [0.5, 0.6) is 0 Å². The Morgan fingerprint density at radius 1 is 1.25 bits per heavy atom. The number of rotatable bonds is 6. The quantitative estimate of drug-likeness (QED) is 0.733. The van der Waals surface area contributed by atoms with Crippen molar-refractivity contribution < 1.29 is 0 Å². The van der Waals surface area contributed by atoms with Gasteiger partial charge in [-0.1, -0.05) is 20.3 Å². The first-order valence-corrected chi connectivity index (χ1v) is 8.00. The van der Waals surface area contributed by atoms with Crippen molar-refractivity contribution in [1.29, 1.82) is 0 Å². The summed E-state index contributed by atoms with van der Waals surface area (Å²) in [4.78, 5) is 9.40. The topological polar surface area (TPSA) is 30.7 Å². The molecule has 0 bridgehead atoms. The molecule has 0 radical (unpaired) electrons. The number of hydrogen-bond acceptors (Lipinski definition) is 2. The van der Waals surface area contributed by atoms with E-state index in [9.17, 15) is 0 Å². The van der Waals surface area contributed by atoms with Crippen molar-refractivity contribution in [2.45, 2.75) is 53.0 Å². The zero-order chi connectivity index (χ0) is 14.7. The Kier molecular flexibility index (Phi) is 5.03. The summed E-state index contributed by atoms with van der Waals surface area (Å²) in [5.41, 5.74) is 3.01. The molecule has 0 aliphatic carbocycles. The van der Waals surface area contributed by atoms with Gasteiger partial charge in [0.1, 0.15) is 11.3 Å². The number of aryl methyl sites for hydroxylation is 2. The fourth-order valence-electron chi connectivity index (χ4n) is 2.69. The molecular weight excluding hydrogens is 270 g/mol. The maximum absolute atomic E-state index is 5.93. The van der Waals surface area contributed by atoms with E-state index in [1.54, 1.807) is 0 Å². The molecule has 0 aliphatic rings. The third-order valence-electron chi connectivity index (χ3n) is 3.95. The molecule has 2 aromatic heterocycles. The third-order valence-corrected chi connectivity index (χ3v) is 4.14. The molecule has 2 rings (SSSR count). The third kappa shape index (κ3) is 3.14. The van der Waals surface area contributed by atoms with Crippen LogP contribution in [-0.4, -0.2) is 20.4 Å². The lowest BCUT2D eigenvalue weighted by atomic mass is 10.00. The molecular formula is C16H24ClN3. The van der Waals surface area contributed by atoms with Crippen molar-refractivity contribution in [3.63, 3.8) is 0 Å². The highest BCUT2D eigenvalue weighted by Crippen LogP contribution is 2.26. The van der Waals surface area contributed by atoms with Crippen LogP contribution in [0.1, 0.15) is 51.2 Å². The fourth-order valence-corrected chi connectivity index (χ4v) is 2.86. The highest BCUT2D eigenvalue weighted by molar-refractivity contribution is 6.17. The van der Waals surface area contributed by atoms with Crippen molar-refractivity contribution in [3.8, 4) is 0 Å². The maximum Gasteiger partial charge on any atom is 0.160 e. The lowest BCUT2D eigenvalue weighted by Gasteiger charge is -2.20. The standard InChI is InChI=1S/C16H24ClN3/c1-5-11(2)10-13(4)20-15(8-9-17)19-14-7-6-12(3)18-16(14)20/h6-7,11,13H,5,8-10H2,1-4H3. The van der Waals surface area contributed by atoms with E-state index in [0.717, 1.165) is 35.5 Å². The zero-order valence-corrected chi connectivity index (χ0v) is 13.6. The lowest BCUT2D eigenvalue weighted by Crippen LogP contribution is -2.13. The predicted molar refractivity (Wildman–Crippen MR) is 85.5 cm³/mol. The maximum atomic E-state index is 5.93. The number of fused-ring (bicyclic) bond motifs is 1. The Hall–Kier alpha value is -1.09. The lowest BCUT2D eigenvalue weighted by molar-refractivity contribution is 0.396. The first-order chi connectivity index (χ1) is 9.56. The van der Waals surface area contributed by atoms with Crippen LogP contribution in [0.4, 0.5) is 0 Å². The van der Waals surface area contributed by atoms with Gasteiger partial charge >= 0.3 is 0 Å². The number of pyridine rings is 1. The number of halogens is 1. The van der Waals surface area contributed by atoms with Gasteiger partial charge in [-0.3, -0.25) is 0 Å². The van der Waals surface area contributed by atoms with Crippen molar-refractivity contribution in [3.05, 3.63) is 23.7 Å². The Labute approximate surface area is 126 Å². The molecule has 2 atom stereocenters. The fraction of sp³-hybridized carbons (Fsp3) is 0.625. The summed E-state index contributed by atoms with van der Waals surface area (Å²) in [6.45, 7) is 8.83. The van der Waals surface area contributed by atoms with E-state index < -0.39 is 0 Å². The average Bonchev–Trinajstić information content (AvgIpc) is 2.76. The minimum atomic E-state index is 0.405. The second kappa shape index (κ2) is 6.57. The molecule has 0 N–H and O–H groups in total. The minimum Gasteiger partial charge on any atom is -0.310 e. The van der Waals surface area contributed by atoms with Crippen LogP contribution in [0, 0.1) is 12.8 Å². The Balaban J connectivity index is 2.46. The summed E-state index contributed by atoms with van der Waals surface area (Å²) in [5.74, 6) is 2.36. The Morgan fingerprint density at radius 2 is 2.00 bits per heavy atom. The molecule has 0 saturated carbocycles. The second-order valence-electron chi connectivity index (χ2n) is 5.73. The van der Waals surface area contributed by atoms with Gasteiger partial charge in [0.25, 0.3) is 0 Å². The van der Waals surface area contributed by atoms with Gasteiger partial charge in [-0.15, -0.1) is 11.6 Å². The molecule has 110 valence electrons. The summed E-state index contributed by atoms with van der Waals surface area (Å²) in [6, 6.07) is 4.48. The van der Waals surface area contributed by atoms with Crippen molar-refractivity contribution in [1.82, 2.24) is 14.5 Å². The first kappa shape index (κ1) is 15.3. The molecule has 2 aromatic rings. The SMILES string of the molecule is CCC(C)CC(C)n1c(CCCl)nc2ccc(C)nc21. The zero-order valence-electron chi connectivity index (χ0n) is 12.9. The molecule has 0 amide bonds. The van der Waals surface area contributed by atoms with Crippen LogP contribution in [0.2, 0.25) is 0 Å². The van der Waals surface area contributed by atoms with Crippen LogP contribution in [-0.2, 0) is 6.42 Å². The Bertz CT molecular complexity index is 576. The number of alkyl halides is 1. The molecule has 4 heteroatoms. The molecule has 20 heavy (non-hydrogen) atoms. The largest absolute Gasteiger partial charge is 0.310 e. The van der Waals surface area contributed by atoms with Gasteiger partial charge in [0.15, 0.2) is 5.65 Å². The molecule has 0 spiro atoms. The summed E-state index contributed by atoms with van der Waals surface area (Å²) >= 11 is 5.93. The highest BCUT2D eigenvalue weighted by Gasteiger charge is 2.18. The van der Waals surface area contributed by atoms with Crippen LogP contribution in [0.3, 0.4) is 0 Å². The molecule has 0 aliphatic heterocycles. The molecule has 2 unspecified atom stereocenters. The molecule has 2 heterocycles. The van der Waals surface area contributed by atoms with E-state index >= 15 is 0 Å². The van der Waals surface area contributed by atoms with Crippen molar-refractivity contribution in [2.24, 2.45) is 5.92 Å². The first-order valence-electron chi connectivity index (χ1n) is 7.47. The van der Waals surface area contributed by atoms with Crippen molar-refractivity contribution >= 4 is 22.8 Å². The van der Waals surface area contributed by atoms with Gasteiger partial charge in [-0.25, -0.2) is 9.97 Å². The summed E-state index contributed by atoms with van der Waals surface area (Å²) in [6.07, 6.45) is 3.14. The van der Waals surface area contributed by atoms with Gasteiger partial charge in [-0.05, 0) is 38.3 Å². The van der Waals surface area contributed by atoms with E-state index in [4.69, 9.17) is 21.6 Å². The minimum absolute atomic E-state index is 0.405. The smallest absolute Gasteiger partial charge is 0.160 e. The average molecular weight is 294 g/mol. The van der Waals surface area contributed by atoms with E-state index in [0.29, 0.717) is 17.8 Å². The van der Waals surface area contributed by atoms with Gasteiger partial charge in [0, 0.05) is 24.0 Å². The summed E-state index contributed by atoms with van der Waals surface area (Å²) in [5, 5.41) is 0. The highest BCUT2D eigenvalue weighted by atomic mass is 35.5. The summed E-state index contributed by atoms with van der Waals surface area (Å²) < 4.78 is 2.29. The normalized spacial score (nSPS) is 14.7. The van der Waals surface area contributed by atoms with Gasteiger partial charge in [0.2, 0.25) is 0 Å². The van der Waals surface area contributed by atoms with E-state index in [1.807, 2.05) is 13.0 Å². The monoisotopic (exact) mass is 293 g/mol. The molecule has 3 nitrogen and oxygen atoms in total. The van der Waals surface area contributed by atoms with Gasteiger partial charge in [-0.2, -0.15) is 0 Å². The van der Waals surface area contributed by atoms with Crippen LogP contribution >= 0.6 is 11.6 Å². The predicted octanol–water partition coefficient (Wildman–Crippen LogP) is 4.52. The molecule has 0 aromatic carbocycles. The molecule has 0 saturated heterocycles. The van der Waals surface area contributed by atoms with Gasteiger partial charge in [0.05, 0.1) is 0 Å². The second-order valence-corrected chi connectivity index (χ2v) is 6.11. The number of hydrogen-bond donors (Lipinski definition) is 0.